The molecule has 2 aromatic carbocycles. The Bertz CT molecular complexity index is 915. The van der Waals surface area contributed by atoms with Crippen LogP contribution in [0, 0.1) is 47.9 Å². The average molecular weight is 423 g/mol. The minimum Gasteiger partial charge on any atom is -0.203 e. The Morgan fingerprint density at radius 1 is 0.633 bits per heavy atom. The zero-order chi connectivity index (χ0) is 21.4. The Morgan fingerprint density at radius 3 is 1.73 bits per heavy atom. The minimum absolute atomic E-state index is 0. The first-order chi connectivity index (χ1) is 14.4. The third kappa shape index (κ3) is 4.02. The van der Waals surface area contributed by atoms with Crippen LogP contribution in [0.2, 0.25) is 0 Å². The van der Waals surface area contributed by atoms with Gasteiger partial charge in [-0.05, 0) is 80.2 Å². The Labute approximate surface area is 179 Å². The van der Waals surface area contributed by atoms with Gasteiger partial charge in [0.2, 0.25) is 0 Å². The van der Waals surface area contributed by atoms with Gasteiger partial charge in [-0.15, -0.1) is 0 Å². The van der Waals surface area contributed by atoms with Crippen LogP contribution in [0.3, 0.4) is 0 Å². The molecule has 4 heteroatoms. The molecule has 0 unspecified atom stereocenters. The van der Waals surface area contributed by atoms with Crippen molar-refractivity contribution in [2.24, 2.45) is 17.8 Å². The standard InChI is InChI=1S/C26H30F4.2H2/c1-15-3-6-17(7-4-15)18-8-10-19(11-9-18)20-13-14-22(26(30)24(20)28)21-12-5-16(2)23(27)25(21)29;;/h5,12-15,17-19H,3-4,6-11H2,1-2H3;2*1H. The van der Waals surface area contributed by atoms with E-state index in [1.807, 2.05) is 0 Å². The van der Waals surface area contributed by atoms with Gasteiger partial charge in [-0.2, -0.15) is 0 Å². The number of hydrogen-bond acceptors (Lipinski definition) is 0. The molecule has 0 aliphatic heterocycles. The van der Waals surface area contributed by atoms with Gasteiger partial charge in [0.1, 0.15) is 0 Å². The summed E-state index contributed by atoms with van der Waals surface area (Å²) in [5.74, 6) is -1.85. The molecule has 2 aliphatic carbocycles. The molecule has 0 atom stereocenters. The Kier molecular flexibility index (Phi) is 6.22. The predicted molar refractivity (Wildman–Crippen MR) is 116 cm³/mol. The van der Waals surface area contributed by atoms with E-state index in [0.717, 1.165) is 37.5 Å². The first kappa shape index (κ1) is 21.4. The van der Waals surface area contributed by atoms with Crippen molar-refractivity contribution in [3.05, 3.63) is 58.7 Å². The van der Waals surface area contributed by atoms with Crippen LogP contribution in [0.25, 0.3) is 11.1 Å². The van der Waals surface area contributed by atoms with Crippen molar-refractivity contribution in [1.82, 2.24) is 0 Å². The quantitative estimate of drug-likeness (QED) is 0.434. The molecule has 0 amide bonds. The number of benzene rings is 2. The summed E-state index contributed by atoms with van der Waals surface area (Å²) in [5.41, 5.74) is 0.0480. The molecule has 4 rings (SSSR count). The van der Waals surface area contributed by atoms with Gasteiger partial charge in [0.25, 0.3) is 0 Å². The second-order valence-electron chi connectivity index (χ2n) is 9.52. The second-order valence-corrected chi connectivity index (χ2v) is 9.52. The lowest BCUT2D eigenvalue weighted by Crippen LogP contribution is -2.25. The van der Waals surface area contributed by atoms with Crippen LogP contribution in [0.15, 0.2) is 24.3 Å². The van der Waals surface area contributed by atoms with Crippen molar-refractivity contribution in [2.45, 2.75) is 71.1 Å². The minimum atomic E-state index is -1.14. The third-order valence-corrected chi connectivity index (χ3v) is 7.62. The summed E-state index contributed by atoms with van der Waals surface area (Å²) in [6.45, 7) is 3.76. The summed E-state index contributed by atoms with van der Waals surface area (Å²) in [7, 11) is 0. The molecule has 0 aromatic heterocycles. The number of aryl methyl sites for hydroxylation is 1. The van der Waals surface area contributed by atoms with Gasteiger partial charge in [-0.3, -0.25) is 0 Å². The lowest BCUT2D eigenvalue weighted by Gasteiger charge is -2.37. The molecule has 0 heterocycles. The highest BCUT2D eigenvalue weighted by Crippen LogP contribution is 2.45. The normalized spacial score (nSPS) is 27.3. The third-order valence-electron chi connectivity index (χ3n) is 7.62. The molecule has 0 saturated heterocycles. The highest BCUT2D eigenvalue weighted by Gasteiger charge is 2.32. The maximum absolute atomic E-state index is 14.9. The van der Waals surface area contributed by atoms with Gasteiger partial charge in [-0.25, -0.2) is 17.6 Å². The summed E-state index contributed by atoms with van der Waals surface area (Å²) < 4.78 is 58.0. The summed E-state index contributed by atoms with van der Waals surface area (Å²) in [4.78, 5) is 0. The molecule has 2 fully saturated rings. The summed E-state index contributed by atoms with van der Waals surface area (Å²) in [6.07, 6.45) is 9.05. The van der Waals surface area contributed by atoms with Crippen molar-refractivity contribution < 1.29 is 20.4 Å². The average Bonchev–Trinajstić information content (AvgIpc) is 2.75. The molecule has 166 valence electrons. The second kappa shape index (κ2) is 8.72. The van der Waals surface area contributed by atoms with Crippen molar-refractivity contribution in [2.75, 3.05) is 0 Å². The first-order valence-corrected chi connectivity index (χ1v) is 11.3. The molecule has 0 spiro atoms. The maximum Gasteiger partial charge on any atom is 0.167 e. The van der Waals surface area contributed by atoms with Gasteiger partial charge < -0.3 is 0 Å². The number of rotatable bonds is 3. The van der Waals surface area contributed by atoms with E-state index >= 15 is 0 Å². The smallest absolute Gasteiger partial charge is 0.167 e. The zero-order valence-electron chi connectivity index (χ0n) is 17.8. The zero-order valence-corrected chi connectivity index (χ0v) is 17.8. The molecule has 0 N–H and O–H groups in total. The van der Waals surface area contributed by atoms with Crippen LogP contribution in [-0.2, 0) is 0 Å². The SMILES string of the molecule is Cc1ccc(-c2ccc(C3CCC(C4CCC(C)CC4)CC3)c(F)c2F)c(F)c1F.[HH].[HH]. The van der Waals surface area contributed by atoms with Gasteiger partial charge in [0.05, 0.1) is 0 Å². The van der Waals surface area contributed by atoms with Crippen molar-refractivity contribution >= 4 is 0 Å². The maximum atomic E-state index is 14.9. The van der Waals surface area contributed by atoms with E-state index in [4.69, 9.17) is 0 Å². The van der Waals surface area contributed by atoms with E-state index < -0.39 is 23.3 Å². The van der Waals surface area contributed by atoms with Crippen LogP contribution in [0.5, 0.6) is 0 Å². The summed E-state index contributed by atoms with van der Waals surface area (Å²) in [5, 5.41) is 0. The van der Waals surface area contributed by atoms with Gasteiger partial charge in [-0.1, -0.05) is 44.0 Å². The highest BCUT2D eigenvalue weighted by molar-refractivity contribution is 5.66. The molecule has 2 aromatic rings. The Balaban J connectivity index is 0.00000181. The van der Waals surface area contributed by atoms with Crippen LogP contribution in [0.4, 0.5) is 17.6 Å². The Morgan fingerprint density at radius 2 is 1.13 bits per heavy atom. The van der Waals surface area contributed by atoms with E-state index in [-0.39, 0.29) is 25.5 Å². The fraction of sp³-hybridized carbons (Fsp3) is 0.538. The fourth-order valence-corrected chi connectivity index (χ4v) is 5.60. The van der Waals surface area contributed by atoms with E-state index in [9.17, 15) is 17.6 Å². The topological polar surface area (TPSA) is 0 Å². The fourth-order valence-electron chi connectivity index (χ4n) is 5.60. The molecule has 2 saturated carbocycles. The van der Waals surface area contributed by atoms with Crippen LogP contribution < -0.4 is 0 Å². The van der Waals surface area contributed by atoms with Gasteiger partial charge in [0.15, 0.2) is 23.3 Å². The molecule has 2 aliphatic rings. The largest absolute Gasteiger partial charge is 0.203 e. The number of hydrogen-bond donors (Lipinski definition) is 0. The first-order valence-electron chi connectivity index (χ1n) is 11.3. The van der Waals surface area contributed by atoms with Crippen molar-refractivity contribution in [3.8, 4) is 11.1 Å². The highest BCUT2D eigenvalue weighted by atomic mass is 19.2. The van der Waals surface area contributed by atoms with Gasteiger partial charge >= 0.3 is 0 Å². The van der Waals surface area contributed by atoms with Crippen molar-refractivity contribution in [3.63, 3.8) is 0 Å². The predicted octanol–water partition coefficient (Wildman–Crippen LogP) is 8.81. The van der Waals surface area contributed by atoms with Crippen LogP contribution in [0.1, 0.15) is 78.2 Å². The van der Waals surface area contributed by atoms with E-state index in [1.165, 1.54) is 50.8 Å². The van der Waals surface area contributed by atoms with E-state index in [2.05, 4.69) is 6.92 Å². The van der Waals surface area contributed by atoms with Crippen molar-refractivity contribution in [1.29, 1.82) is 0 Å². The summed E-state index contributed by atoms with van der Waals surface area (Å²) >= 11 is 0. The summed E-state index contributed by atoms with van der Waals surface area (Å²) in [6, 6.07) is 5.65. The molecular formula is C26H34F4. The molecule has 0 bridgehead atoms. The lowest BCUT2D eigenvalue weighted by atomic mass is 9.68. The lowest BCUT2D eigenvalue weighted by molar-refractivity contribution is 0.164. The van der Waals surface area contributed by atoms with E-state index in [0.29, 0.717) is 11.5 Å². The molecule has 0 radical (unpaired) electrons. The number of halogens is 4. The van der Waals surface area contributed by atoms with Crippen LogP contribution >= 0.6 is 0 Å². The molecular weight excluding hydrogens is 388 g/mol. The van der Waals surface area contributed by atoms with Gasteiger partial charge in [0, 0.05) is 14.0 Å². The van der Waals surface area contributed by atoms with E-state index in [1.54, 1.807) is 6.07 Å². The Hall–Kier alpha value is -1.84. The monoisotopic (exact) mass is 422 g/mol. The molecule has 0 nitrogen and oxygen atoms in total. The molecule has 30 heavy (non-hydrogen) atoms. The van der Waals surface area contributed by atoms with Crippen LogP contribution in [-0.4, -0.2) is 0 Å².